The van der Waals surface area contributed by atoms with Crippen LogP contribution in [0.1, 0.15) is 88.2 Å². The SMILES string of the molecule is C[C@]1(c2ccncc2)COc2cc(O)ccc2[C@H]1CCCCCCCCCSCCCC(F)(F)C(F)(F)F. The molecule has 3 nitrogen and oxygen atoms in total. The minimum atomic E-state index is -5.45. The number of phenols is 1. The molecule has 2 atom stereocenters. The van der Waals surface area contributed by atoms with Crippen LogP contribution in [0, 0.1) is 0 Å². The molecule has 0 spiro atoms. The quantitative estimate of drug-likeness (QED) is 0.175. The van der Waals surface area contributed by atoms with Crippen LogP contribution in [0.25, 0.3) is 0 Å². The zero-order valence-electron chi connectivity index (χ0n) is 21.9. The molecule has 1 aromatic heterocycles. The number of hydrogen-bond donors (Lipinski definition) is 1. The average Bonchev–Trinajstić information content (AvgIpc) is 2.87. The van der Waals surface area contributed by atoms with Crippen molar-refractivity contribution in [3.8, 4) is 11.5 Å². The van der Waals surface area contributed by atoms with E-state index in [0.717, 1.165) is 68.4 Å². The molecule has 212 valence electrons. The highest BCUT2D eigenvalue weighted by molar-refractivity contribution is 7.99. The van der Waals surface area contributed by atoms with E-state index in [-0.39, 0.29) is 23.5 Å². The van der Waals surface area contributed by atoms with Gasteiger partial charge in [0.2, 0.25) is 0 Å². The highest BCUT2D eigenvalue weighted by Gasteiger charge is 2.56. The lowest BCUT2D eigenvalue weighted by molar-refractivity contribution is -0.284. The molecule has 0 radical (unpaired) electrons. The third-order valence-corrected chi connectivity index (χ3v) is 8.64. The Balaban J connectivity index is 1.33. The minimum absolute atomic E-state index is 0.129. The molecule has 1 aromatic carbocycles. The molecule has 2 aromatic rings. The van der Waals surface area contributed by atoms with Gasteiger partial charge in [0.15, 0.2) is 0 Å². The number of nitrogens with zero attached hydrogens (tertiary/aromatic N) is 1. The summed E-state index contributed by atoms with van der Waals surface area (Å²) in [6.07, 6.45) is 5.51. The predicted molar refractivity (Wildman–Crippen MR) is 142 cm³/mol. The summed E-state index contributed by atoms with van der Waals surface area (Å²) in [7, 11) is 0. The number of ether oxygens (including phenoxy) is 1. The maximum atomic E-state index is 12.9. The molecule has 1 aliphatic rings. The van der Waals surface area contributed by atoms with E-state index in [1.807, 2.05) is 18.5 Å². The number of thioether (sulfide) groups is 1. The van der Waals surface area contributed by atoms with Gasteiger partial charge in [-0.05, 0) is 60.1 Å². The van der Waals surface area contributed by atoms with Gasteiger partial charge in [-0.15, -0.1) is 0 Å². The first kappa shape index (κ1) is 30.5. The lowest BCUT2D eigenvalue weighted by atomic mass is 9.66. The van der Waals surface area contributed by atoms with Crippen molar-refractivity contribution in [2.75, 3.05) is 18.1 Å². The Morgan fingerprint density at radius 3 is 2.24 bits per heavy atom. The molecule has 0 bridgehead atoms. The summed E-state index contributed by atoms with van der Waals surface area (Å²) in [4.78, 5) is 4.16. The van der Waals surface area contributed by atoms with E-state index < -0.39 is 18.5 Å². The lowest BCUT2D eigenvalue weighted by Crippen LogP contribution is -2.40. The van der Waals surface area contributed by atoms with Crippen molar-refractivity contribution in [3.63, 3.8) is 0 Å². The number of pyridine rings is 1. The van der Waals surface area contributed by atoms with E-state index in [1.165, 1.54) is 17.3 Å². The zero-order chi connectivity index (χ0) is 27.7. The fraction of sp³-hybridized carbons (Fsp3) is 0.621. The molecule has 38 heavy (non-hydrogen) atoms. The molecule has 0 saturated carbocycles. The maximum absolute atomic E-state index is 12.9. The van der Waals surface area contributed by atoms with Gasteiger partial charge in [-0.3, -0.25) is 4.98 Å². The van der Waals surface area contributed by atoms with Gasteiger partial charge in [-0.1, -0.05) is 51.5 Å². The highest BCUT2D eigenvalue weighted by atomic mass is 32.2. The summed E-state index contributed by atoms with van der Waals surface area (Å²) in [5.41, 5.74) is 2.14. The van der Waals surface area contributed by atoms with Crippen LogP contribution in [0.15, 0.2) is 42.7 Å². The highest BCUT2D eigenvalue weighted by Crippen LogP contribution is 2.49. The van der Waals surface area contributed by atoms with E-state index in [4.69, 9.17) is 4.74 Å². The molecular formula is C29H38F5NO2S. The normalized spacial score (nSPS) is 19.7. The van der Waals surface area contributed by atoms with Crippen LogP contribution >= 0.6 is 11.8 Å². The fourth-order valence-corrected chi connectivity index (χ4v) is 6.14. The van der Waals surface area contributed by atoms with Crippen molar-refractivity contribution in [2.24, 2.45) is 0 Å². The van der Waals surface area contributed by atoms with Gasteiger partial charge in [-0.25, -0.2) is 0 Å². The number of alkyl halides is 5. The van der Waals surface area contributed by atoms with Gasteiger partial charge < -0.3 is 9.84 Å². The number of hydrogen-bond acceptors (Lipinski definition) is 4. The molecular weight excluding hydrogens is 521 g/mol. The van der Waals surface area contributed by atoms with Crippen molar-refractivity contribution >= 4 is 11.8 Å². The van der Waals surface area contributed by atoms with Crippen LogP contribution in [0.2, 0.25) is 0 Å². The van der Waals surface area contributed by atoms with Gasteiger partial charge >= 0.3 is 12.1 Å². The molecule has 9 heteroatoms. The predicted octanol–water partition coefficient (Wildman–Crippen LogP) is 9.05. The van der Waals surface area contributed by atoms with Gasteiger partial charge in [0.1, 0.15) is 11.5 Å². The summed E-state index contributed by atoms with van der Waals surface area (Å²) >= 11 is 1.46. The monoisotopic (exact) mass is 559 g/mol. The number of aromatic hydroxyl groups is 1. The fourth-order valence-electron chi connectivity index (χ4n) is 5.18. The summed E-state index contributed by atoms with van der Waals surface area (Å²) in [5.74, 6) is -2.22. The third-order valence-electron chi connectivity index (χ3n) is 7.48. The van der Waals surface area contributed by atoms with Gasteiger partial charge in [-0.2, -0.15) is 33.7 Å². The molecule has 0 aliphatic carbocycles. The Morgan fingerprint density at radius 2 is 1.55 bits per heavy atom. The summed E-state index contributed by atoms with van der Waals surface area (Å²) in [6.45, 7) is 2.78. The molecule has 2 heterocycles. The van der Waals surface area contributed by atoms with E-state index in [2.05, 4.69) is 24.0 Å². The van der Waals surface area contributed by atoms with E-state index in [0.29, 0.717) is 12.4 Å². The van der Waals surface area contributed by atoms with E-state index >= 15 is 0 Å². The van der Waals surface area contributed by atoms with E-state index in [1.54, 1.807) is 12.1 Å². The first-order valence-electron chi connectivity index (χ1n) is 13.4. The number of rotatable bonds is 15. The van der Waals surface area contributed by atoms with E-state index in [9.17, 15) is 27.1 Å². The molecule has 1 N–H and O–H groups in total. The van der Waals surface area contributed by atoms with Crippen LogP contribution in [-0.2, 0) is 5.41 Å². The van der Waals surface area contributed by atoms with Crippen molar-refractivity contribution in [2.45, 2.75) is 94.6 Å². The number of unbranched alkanes of at least 4 members (excludes halogenated alkanes) is 6. The Hall–Kier alpha value is -2.03. The van der Waals surface area contributed by atoms with Crippen LogP contribution in [-0.4, -0.2) is 40.3 Å². The van der Waals surface area contributed by atoms with Crippen molar-refractivity contribution < 1.29 is 31.8 Å². The van der Waals surface area contributed by atoms with Crippen molar-refractivity contribution in [1.29, 1.82) is 0 Å². The largest absolute Gasteiger partial charge is 0.508 e. The minimum Gasteiger partial charge on any atom is -0.508 e. The number of fused-ring (bicyclic) bond motifs is 1. The van der Waals surface area contributed by atoms with Crippen LogP contribution in [0.5, 0.6) is 11.5 Å². The number of benzene rings is 1. The molecule has 0 amide bonds. The second-order valence-electron chi connectivity index (χ2n) is 10.4. The van der Waals surface area contributed by atoms with Crippen molar-refractivity contribution in [3.05, 3.63) is 53.9 Å². The smallest absolute Gasteiger partial charge is 0.453 e. The number of aromatic nitrogens is 1. The lowest BCUT2D eigenvalue weighted by Gasteiger charge is -2.43. The Morgan fingerprint density at radius 1 is 0.921 bits per heavy atom. The Bertz CT molecular complexity index is 989. The number of phenolic OH excluding ortho intramolecular Hbond substituents is 1. The summed E-state index contributed by atoms with van der Waals surface area (Å²) in [6, 6.07) is 9.51. The van der Waals surface area contributed by atoms with Gasteiger partial charge in [0.05, 0.1) is 6.61 Å². The Labute approximate surface area is 226 Å². The second kappa shape index (κ2) is 13.9. The van der Waals surface area contributed by atoms with Gasteiger partial charge in [0, 0.05) is 36.2 Å². The maximum Gasteiger partial charge on any atom is 0.453 e. The summed E-state index contributed by atoms with van der Waals surface area (Å²) in [5, 5.41) is 9.91. The molecule has 1 aliphatic heterocycles. The van der Waals surface area contributed by atoms with Crippen LogP contribution in [0.3, 0.4) is 0 Å². The summed E-state index contributed by atoms with van der Waals surface area (Å²) < 4.78 is 68.3. The second-order valence-corrected chi connectivity index (χ2v) is 11.6. The molecule has 0 unspecified atom stereocenters. The van der Waals surface area contributed by atoms with Crippen LogP contribution < -0.4 is 4.74 Å². The van der Waals surface area contributed by atoms with Crippen molar-refractivity contribution in [1.82, 2.24) is 4.98 Å². The first-order valence-corrected chi connectivity index (χ1v) is 14.6. The Kier molecular flexibility index (Phi) is 11.1. The molecule has 0 fully saturated rings. The standard InChI is InChI=1S/C29H38F5NO2S/c1-27(22-13-16-35-17-14-22)21-37-26-20-23(36)11-12-24(26)25(27)10-7-5-3-2-4-6-8-18-38-19-9-15-28(30,31)29(32,33)34/h11-14,16-17,20,25,36H,2-10,15,18-19,21H2,1H3/t25-,27-/m1/s1. The van der Waals surface area contributed by atoms with Crippen LogP contribution in [0.4, 0.5) is 22.0 Å². The number of halogens is 5. The average molecular weight is 560 g/mol. The first-order chi connectivity index (χ1) is 18.0. The van der Waals surface area contributed by atoms with Gasteiger partial charge in [0.25, 0.3) is 0 Å². The zero-order valence-corrected chi connectivity index (χ0v) is 22.7. The molecule has 0 saturated heterocycles. The topological polar surface area (TPSA) is 42.4 Å². The third kappa shape index (κ3) is 8.23. The molecule has 3 rings (SSSR count).